The molecule has 1 heterocycles. The predicted molar refractivity (Wildman–Crippen MR) is 143 cm³/mol. The Balaban J connectivity index is 1.85. The molecule has 37 heavy (non-hydrogen) atoms. The lowest BCUT2D eigenvalue weighted by Crippen LogP contribution is -2.33. The zero-order valence-electron chi connectivity index (χ0n) is 21.6. The van der Waals surface area contributed by atoms with E-state index in [4.69, 9.17) is 14.8 Å². The molecule has 0 aliphatic rings. The van der Waals surface area contributed by atoms with Gasteiger partial charge >= 0.3 is 7.60 Å². The van der Waals surface area contributed by atoms with Crippen LogP contribution < -0.4 is 5.73 Å². The molecule has 0 aliphatic carbocycles. The maximum Gasteiger partial charge on any atom is 0.351 e. The van der Waals surface area contributed by atoms with Gasteiger partial charge in [0.15, 0.2) is 25.9 Å². The Morgan fingerprint density at radius 2 is 1.57 bits per heavy atom. The molecular formula is C26H32N3O6PS. The Morgan fingerprint density at radius 1 is 1.00 bits per heavy atom. The Morgan fingerprint density at radius 3 is 2.11 bits per heavy atom. The lowest BCUT2D eigenvalue weighted by Gasteiger charge is -2.32. The highest BCUT2D eigenvalue weighted by atomic mass is 32.2. The molecule has 0 amide bonds. The number of hydrogen-bond acceptors (Lipinski definition) is 9. The lowest BCUT2D eigenvalue weighted by molar-refractivity contribution is 0.0989. The first-order valence-corrected chi connectivity index (χ1v) is 14.8. The molecule has 0 bridgehead atoms. The van der Waals surface area contributed by atoms with Crippen LogP contribution in [-0.4, -0.2) is 41.9 Å². The molecule has 3 rings (SSSR count). The van der Waals surface area contributed by atoms with E-state index in [1.165, 1.54) is 44.3 Å². The number of rotatable bonds is 11. The summed E-state index contributed by atoms with van der Waals surface area (Å²) in [6.07, 6.45) is 1.46. The van der Waals surface area contributed by atoms with Gasteiger partial charge in [-0.25, -0.2) is 18.4 Å². The summed E-state index contributed by atoms with van der Waals surface area (Å²) in [5, 5.41) is 0. The summed E-state index contributed by atoms with van der Waals surface area (Å²) in [7, 11) is -8.12. The van der Waals surface area contributed by atoms with Crippen LogP contribution in [0, 0.1) is 6.92 Å². The van der Waals surface area contributed by atoms with Crippen molar-refractivity contribution in [2.24, 2.45) is 0 Å². The van der Waals surface area contributed by atoms with Crippen LogP contribution in [-0.2, 0) is 29.9 Å². The van der Waals surface area contributed by atoms with Gasteiger partial charge < -0.3 is 14.8 Å². The van der Waals surface area contributed by atoms with E-state index in [9.17, 15) is 17.8 Å². The summed E-state index contributed by atoms with van der Waals surface area (Å²) in [6, 6.07) is 13.5. The second kappa shape index (κ2) is 11.2. The summed E-state index contributed by atoms with van der Waals surface area (Å²) in [5.74, 6) is -0.337. The van der Waals surface area contributed by atoms with Gasteiger partial charge in [-0.1, -0.05) is 42.0 Å². The largest absolute Gasteiger partial charge is 0.382 e. The minimum Gasteiger partial charge on any atom is -0.382 e. The molecule has 0 spiro atoms. The van der Waals surface area contributed by atoms with E-state index in [1.807, 2.05) is 31.2 Å². The van der Waals surface area contributed by atoms with Crippen LogP contribution in [0.5, 0.6) is 0 Å². The highest BCUT2D eigenvalue weighted by molar-refractivity contribution is 7.99. The number of ketones is 1. The highest BCUT2D eigenvalue weighted by Gasteiger charge is 2.53. The minimum absolute atomic E-state index is 0.0180. The first-order chi connectivity index (χ1) is 17.4. The number of anilines is 1. The Hall–Kier alpha value is -2.91. The van der Waals surface area contributed by atoms with Gasteiger partial charge in [-0.15, -0.1) is 0 Å². The predicted octanol–water partition coefficient (Wildman–Crippen LogP) is 5.24. The Kier molecular flexibility index (Phi) is 8.70. The monoisotopic (exact) mass is 545 g/mol. The first kappa shape index (κ1) is 28.7. The van der Waals surface area contributed by atoms with E-state index in [0.29, 0.717) is 11.3 Å². The quantitative estimate of drug-likeness (QED) is 0.253. The molecule has 0 atom stereocenters. The van der Waals surface area contributed by atoms with Crippen molar-refractivity contribution >= 4 is 29.0 Å². The summed E-state index contributed by atoms with van der Waals surface area (Å²) < 4.78 is 48.9. The first-order valence-electron chi connectivity index (χ1n) is 11.8. The maximum atomic E-state index is 13.4. The number of hydrogen-bond donors (Lipinski definition) is 1. The topological polar surface area (TPSA) is 139 Å². The summed E-state index contributed by atoms with van der Waals surface area (Å²) in [5.41, 5.74) is 8.97. The average molecular weight is 546 g/mol. The standard InChI is InChI=1S/C26H32N3O6PS/c1-6-34-36(31,35-7-2)26(4,5)37(32,33)21-14-10-19(11-15-21)16-23(30)24-25(27)28-17-22(29-24)20-12-8-18(3)9-13-20/h8-15,17H,6-7,16H2,1-5H3,(H2,27,28). The molecule has 0 aliphatic heterocycles. The van der Waals surface area contributed by atoms with Crippen LogP contribution in [0.1, 0.15) is 49.3 Å². The van der Waals surface area contributed by atoms with Crippen molar-refractivity contribution in [2.45, 2.75) is 50.4 Å². The SMILES string of the molecule is CCOP(=O)(OCC)C(C)(C)S(=O)(=O)c1ccc(CC(=O)c2nc(-c3ccc(C)cc3)cnc2N)cc1. The molecule has 1 aromatic heterocycles. The van der Waals surface area contributed by atoms with Crippen LogP contribution in [0.4, 0.5) is 5.82 Å². The molecule has 3 aromatic rings. The van der Waals surface area contributed by atoms with Gasteiger partial charge in [-0.3, -0.25) is 9.36 Å². The van der Waals surface area contributed by atoms with E-state index < -0.39 is 21.9 Å². The van der Waals surface area contributed by atoms with E-state index in [2.05, 4.69) is 9.97 Å². The van der Waals surface area contributed by atoms with Crippen LogP contribution in [0.3, 0.4) is 0 Å². The summed E-state index contributed by atoms with van der Waals surface area (Å²) in [4.78, 5) is 21.5. The Labute approximate surface area is 217 Å². The van der Waals surface area contributed by atoms with E-state index in [0.717, 1.165) is 11.1 Å². The van der Waals surface area contributed by atoms with Crippen molar-refractivity contribution in [2.75, 3.05) is 18.9 Å². The van der Waals surface area contributed by atoms with Crippen LogP contribution >= 0.6 is 7.60 Å². The van der Waals surface area contributed by atoms with Crippen LogP contribution in [0.2, 0.25) is 0 Å². The third kappa shape index (κ3) is 5.83. The van der Waals surface area contributed by atoms with E-state index in [-0.39, 0.29) is 41.8 Å². The van der Waals surface area contributed by atoms with Gasteiger partial charge in [-0.05, 0) is 52.3 Å². The van der Waals surface area contributed by atoms with Gasteiger partial charge in [0.25, 0.3) is 0 Å². The fraction of sp³-hybridized carbons (Fsp3) is 0.346. The van der Waals surface area contributed by atoms with Crippen molar-refractivity contribution in [3.63, 3.8) is 0 Å². The van der Waals surface area contributed by atoms with E-state index in [1.54, 1.807) is 13.8 Å². The van der Waals surface area contributed by atoms with Crippen molar-refractivity contribution in [3.8, 4) is 11.3 Å². The van der Waals surface area contributed by atoms with Gasteiger partial charge in [0.05, 0.1) is 30.0 Å². The van der Waals surface area contributed by atoms with Gasteiger partial charge in [0, 0.05) is 12.0 Å². The molecule has 0 fully saturated rings. The van der Waals surface area contributed by atoms with Crippen molar-refractivity contribution < 1.29 is 26.8 Å². The third-order valence-electron chi connectivity index (χ3n) is 5.93. The zero-order valence-corrected chi connectivity index (χ0v) is 23.3. The minimum atomic E-state index is -4.12. The normalized spacial score (nSPS) is 12.5. The molecule has 198 valence electrons. The van der Waals surface area contributed by atoms with Crippen molar-refractivity contribution in [1.82, 2.24) is 9.97 Å². The summed E-state index contributed by atoms with van der Waals surface area (Å²) in [6.45, 7) is 7.94. The molecular weight excluding hydrogens is 513 g/mol. The zero-order chi connectivity index (χ0) is 27.4. The smallest absolute Gasteiger partial charge is 0.351 e. The number of Topliss-reactive ketones (excluding diaryl/α,β-unsaturated/α-hetero) is 1. The molecule has 2 N–H and O–H groups in total. The fourth-order valence-corrected chi connectivity index (χ4v) is 7.90. The number of benzene rings is 2. The second-order valence-corrected chi connectivity index (χ2v) is 14.3. The molecule has 0 radical (unpaired) electrons. The molecule has 0 unspecified atom stereocenters. The number of nitrogens with two attached hydrogens (primary N) is 1. The van der Waals surface area contributed by atoms with Crippen LogP contribution in [0.15, 0.2) is 59.6 Å². The number of carbonyl (C=O) groups is 1. The number of carbonyl (C=O) groups excluding carboxylic acids is 1. The number of nitrogen functional groups attached to an aromatic ring is 1. The number of aromatic nitrogens is 2. The lowest BCUT2D eigenvalue weighted by atomic mass is 10.1. The number of aryl methyl sites for hydroxylation is 1. The van der Waals surface area contributed by atoms with Crippen molar-refractivity contribution in [3.05, 3.63) is 71.5 Å². The molecule has 9 nitrogen and oxygen atoms in total. The van der Waals surface area contributed by atoms with Crippen LogP contribution in [0.25, 0.3) is 11.3 Å². The number of nitrogens with zero attached hydrogens (tertiary/aromatic N) is 2. The summed E-state index contributed by atoms with van der Waals surface area (Å²) >= 11 is 0. The molecule has 0 saturated carbocycles. The van der Waals surface area contributed by atoms with Gasteiger partial charge in [0.1, 0.15) is 5.69 Å². The highest BCUT2D eigenvalue weighted by Crippen LogP contribution is 2.63. The molecule has 11 heteroatoms. The van der Waals surface area contributed by atoms with E-state index >= 15 is 0 Å². The maximum absolute atomic E-state index is 13.4. The van der Waals surface area contributed by atoms with Gasteiger partial charge in [0.2, 0.25) is 0 Å². The van der Waals surface area contributed by atoms with Crippen molar-refractivity contribution in [1.29, 1.82) is 0 Å². The molecule has 2 aromatic carbocycles. The van der Waals surface area contributed by atoms with Gasteiger partial charge in [-0.2, -0.15) is 0 Å². The Bertz CT molecular complexity index is 1410. The number of sulfone groups is 1. The molecule has 0 saturated heterocycles. The fourth-order valence-electron chi connectivity index (χ4n) is 3.65. The second-order valence-electron chi connectivity index (χ2n) is 8.88. The average Bonchev–Trinajstić information content (AvgIpc) is 2.85. The third-order valence-corrected chi connectivity index (χ3v) is 12.0.